The number of aliphatic carboxylic acids is 1. The largest absolute Gasteiger partial charge is 0.481 e. The highest BCUT2D eigenvalue weighted by Gasteiger charge is 2.45. The van der Waals surface area contributed by atoms with Crippen LogP contribution in [0.3, 0.4) is 0 Å². The zero-order chi connectivity index (χ0) is 11.6. The molecule has 86 valence electrons. The molecule has 0 heterocycles. The predicted molar refractivity (Wildman–Crippen MR) is 60.6 cm³/mol. The molecule has 0 aliphatic heterocycles. The molecule has 1 aliphatic carbocycles. The summed E-state index contributed by atoms with van der Waals surface area (Å²) < 4.78 is 5.24. The third-order valence-electron chi connectivity index (χ3n) is 3.20. The number of ether oxygens (including phenoxy) is 1. The van der Waals surface area contributed by atoms with E-state index in [1.165, 1.54) is 0 Å². The molecule has 0 aromatic heterocycles. The first-order valence-electron chi connectivity index (χ1n) is 5.47. The van der Waals surface area contributed by atoms with Gasteiger partial charge in [-0.2, -0.15) is 0 Å². The summed E-state index contributed by atoms with van der Waals surface area (Å²) in [6.45, 7) is 0.684. The van der Waals surface area contributed by atoms with E-state index in [0.29, 0.717) is 6.61 Å². The highest BCUT2D eigenvalue weighted by molar-refractivity contribution is 5.71. The van der Waals surface area contributed by atoms with Crippen molar-refractivity contribution < 1.29 is 14.6 Å². The first-order chi connectivity index (χ1) is 7.68. The predicted octanol–water partition coefficient (Wildman–Crippen LogP) is 1.99. The molecular weight excluding hydrogens is 204 g/mol. The van der Waals surface area contributed by atoms with Gasteiger partial charge in [-0.25, -0.2) is 0 Å². The summed E-state index contributed by atoms with van der Waals surface area (Å²) >= 11 is 0. The normalized spacial score (nSPS) is 17.1. The van der Waals surface area contributed by atoms with Gasteiger partial charge < -0.3 is 9.84 Å². The molecule has 1 fully saturated rings. The van der Waals surface area contributed by atoms with Gasteiger partial charge in [0.25, 0.3) is 0 Å². The Labute approximate surface area is 95.0 Å². The van der Waals surface area contributed by atoms with Crippen molar-refractivity contribution in [1.82, 2.24) is 0 Å². The summed E-state index contributed by atoms with van der Waals surface area (Å²) in [7, 11) is 1.69. The van der Waals surface area contributed by atoms with Crippen LogP contribution < -0.4 is 0 Å². The van der Waals surface area contributed by atoms with Crippen molar-refractivity contribution in [1.29, 1.82) is 0 Å². The second-order valence-corrected chi connectivity index (χ2v) is 4.44. The van der Waals surface area contributed by atoms with Crippen LogP contribution in [0.25, 0.3) is 0 Å². The highest BCUT2D eigenvalue weighted by atomic mass is 16.5. The maximum absolute atomic E-state index is 10.8. The fourth-order valence-corrected chi connectivity index (χ4v) is 2.27. The molecule has 3 nitrogen and oxygen atoms in total. The Morgan fingerprint density at radius 3 is 2.69 bits per heavy atom. The number of hydrogen-bond donors (Lipinski definition) is 1. The average Bonchev–Trinajstić information content (AvgIpc) is 2.99. The molecule has 1 aliphatic rings. The topological polar surface area (TPSA) is 46.5 Å². The molecule has 0 atom stereocenters. The minimum atomic E-state index is -0.777. The van der Waals surface area contributed by atoms with Crippen LogP contribution in [0.2, 0.25) is 0 Å². The van der Waals surface area contributed by atoms with Gasteiger partial charge in [0.15, 0.2) is 0 Å². The van der Waals surface area contributed by atoms with Gasteiger partial charge in [-0.05, 0) is 24.0 Å². The van der Waals surface area contributed by atoms with E-state index in [0.717, 1.165) is 24.0 Å². The van der Waals surface area contributed by atoms with Crippen molar-refractivity contribution in [2.45, 2.75) is 24.7 Å². The van der Waals surface area contributed by atoms with Crippen molar-refractivity contribution >= 4 is 5.97 Å². The molecule has 0 spiro atoms. The number of carbonyl (C=O) groups is 1. The quantitative estimate of drug-likeness (QED) is 0.825. The molecule has 1 aromatic rings. The summed E-state index contributed by atoms with van der Waals surface area (Å²) in [5, 5.41) is 8.88. The maximum Gasteiger partial charge on any atom is 0.307 e. The molecule has 3 heteroatoms. The van der Waals surface area contributed by atoms with Gasteiger partial charge in [-0.15, -0.1) is 0 Å². The second-order valence-electron chi connectivity index (χ2n) is 4.44. The first kappa shape index (κ1) is 11.1. The molecule has 1 saturated carbocycles. The van der Waals surface area contributed by atoms with Crippen LogP contribution in [0.1, 0.15) is 24.0 Å². The Morgan fingerprint density at radius 1 is 1.44 bits per heavy atom. The van der Waals surface area contributed by atoms with Gasteiger partial charge in [0.05, 0.1) is 13.0 Å². The molecule has 0 unspecified atom stereocenters. The minimum Gasteiger partial charge on any atom is -0.481 e. The molecule has 0 bridgehead atoms. The lowest BCUT2D eigenvalue weighted by molar-refractivity contribution is -0.136. The minimum absolute atomic E-state index is 0.0841. The van der Waals surface area contributed by atoms with Gasteiger partial charge in [-0.3, -0.25) is 4.79 Å². The van der Waals surface area contributed by atoms with Crippen molar-refractivity contribution in [2.24, 2.45) is 0 Å². The van der Waals surface area contributed by atoms with Gasteiger partial charge in [0.2, 0.25) is 0 Å². The van der Waals surface area contributed by atoms with E-state index >= 15 is 0 Å². The van der Waals surface area contributed by atoms with Crippen LogP contribution in [0.15, 0.2) is 24.3 Å². The second kappa shape index (κ2) is 4.26. The van der Waals surface area contributed by atoms with Gasteiger partial charge in [0, 0.05) is 12.5 Å². The van der Waals surface area contributed by atoms with Crippen molar-refractivity contribution in [2.75, 3.05) is 13.7 Å². The monoisotopic (exact) mass is 220 g/mol. The smallest absolute Gasteiger partial charge is 0.307 e. The average molecular weight is 220 g/mol. The van der Waals surface area contributed by atoms with E-state index in [1.54, 1.807) is 7.11 Å². The Hall–Kier alpha value is -1.35. The van der Waals surface area contributed by atoms with E-state index in [4.69, 9.17) is 9.84 Å². The lowest BCUT2D eigenvalue weighted by atomic mass is 9.90. The standard InChI is InChI=1S/C13H16O3/c1-16-9-13(6-7-13)11-5-3-2-4-10(11)8-12(14)15/h2-5H,6-9H2,1H3,(H,14,15). The molecule has 2 rings (SSSR count). The number of hydrogen-bond acceptors (Lipinski definition) is 2. The zero-order valence-corrected chi connectivity index (χ0v) is 9.40. The summed E-state index contributed by atoms with van der Waals surface area (Å²) in [5.41, 5.74) is 2.16. The van der Waals surface area contributed by atoms with Crippen molar-refractivity contribution in [3.8, 4) is 0 Å². The fraction of sp³-hybridized carbons (Fsp3) is 0.462. The van der Waals surface area contributed by atoms with Crippen LogP contribution >= 0.6 is 0 Å². The Kier molecular flexibility index (Phi) is 2.97. The third kappa shape index (κ3) is 2.09. The van der Waals surface area contributed by atoms with Crippen LogP contribution in [0.5, 0.6) is 0 Å². The van der Waals surface area contributed by atoms with Crippen LogP contribution in [-0.4, -0.2) is 24.8 Å². The molecule has 0 radical (unpaired) electrons. The van der Waals surface area contributed by atoms with Crippen molar-refractivity contribution in [3.05, 3.63) is 35.4 Å². The number of benzene rings is 1. The number of rotatable bonds is 5. The molecule has 16 heavy (non-hydrogen) atoms. The Balaban J connectivity index is 2.29. The lowest BCUT2D eigenvalue weighted by Gasteiger charge is -2.17. The van der Waals surface area contributed by atoms with Crippen LogP contribution in [-0.2, 0) is 21.4 Å². The Morgan fingerprint density at radius 2 is 2.12 bits per heavy atom. The molecular formula is C13H16O3. The number of carboxylic acids is 1. The zero-order valence-electron chi connectivity index (χ0n) is 9.40. The molecule has 0 saturated heterocycles. The van der Waals surface area contributed by atoms with Crippen LogP contribution in [0.4, 0.5) is 0 Å². The third-order valence-corrected chi connectivity index (χ3v) is 3.20. The van der Waals surface area contributed by atoms with E-state index < -0.39 is 5.97 Å². The van der Waals surface area contributed by atoms with Crippen LogP contribution in [0, 0.1) is 0 Å². The van der Waals surface area contributed by atoms with Gasteiger partial charge >= 0.3 is 5.97 Å². The number of carboxylic acid groups (broad SMARTS) is 1. The van der Waals surface area contributed by atoms with Gasteiger partial charge in [-0.1, -0.05) is 24.3 Å². The first-order valence-corrected chi connectivity index (χ1v) is 5.47. The molecule has 1 N–H and O–H groups in total. The summed E-state index contributed by atoms with van der Waals surface area (Å²) in [5.74, 6) is -0.777. The SMILES string of the molecule is COCC1(c2ccccc2CC(=O)O)CC1. The molecule has 1 aromatic carbocycles. The van der Waals surface area contributed by atoms with Crippen molar-refractivity contribution in [3.63, 3.8) is 0 Å². The van der Waals surface area contributed by atoms with E-state index in [-0.39, 0.29) is 11.8 Å². The fourth-order valence-electron chi connectivity index (χ4n) is 2.27. The maximum atomic E-state index is 10.8. The lowest BCUT2D eigenvalue weighted by Crippen LogP contribution is -2.17. The van der Waals surface area contributed by atoms with E-state index in [1.807, 2.05) is 24.3 Å². The van der Waals surface area contributed by atoms with E-state index in [2.05, 4.69) is 0 Å². The summed E-state index contributed by atoms with van der Waals surface area (Å²) in [6, 6.07) is 7.80. The molecule has 0 amide bonds. The Bertz CT molecular complexity index is 394. The summed E-state index contributed by atoms with van der Waals surface area (Å²) in [4.78, 5) is 10.8. The van der Waals surface area contributed by atoms with Gasteiger partial charge in [0.1, 0.15) is 0 Å². The van der Waals surface area contributed by atoms with E-state index in [9.17, 15) is 4.79 Å². The highest BCUT2D eigenvalue weighted by Crippen LogP contribution is 2.49. The summed E-state index contributed by atoms with van der Waals surface area (Å²) in [6.07, 6.45) is 2.29. The number of methoxy groups -OCH3 is 1.